The number of ether oxygens (including phenoxy) is 1. The number of nitrogens with one attached hydrogen (secondary N) is 2. The molecule has 3 heterocycles. The molecule has 0 saturated carbocycles. The summed E-state index contributed by atoms with van der Waals surface area (Å²) >= 11 is 0. The van der Waals surface area contributed by atoms with Gasteiger partial charge >= 0.3 is 6.09 Å². The first kappa shape index (κ1) is 28.1. The standard InChI is InChI=1S/C29H32N6O5S/c1-3-17-41(38,39)34-25-10-4-8-22-21(25)12-11-19(2)26(22)40-27-23(9-5-14-30-27)24-13-15-31-28(33-24)32-20-7-6-16-35(18-20)29(36)37/h4-5,8-15,20,34H,3,6-7,16-18H2,1-2H3,(H,36,37)(H,31,32,33)/t20-/m0/s1. The molecule has 1 amide bonds. The molecule has 4 aromatic rings. The van der Waals surface area contributed by atoms with E-state index in [1.807, 2.05) is 38.1 Å². The molecule has 41 heavy (non-hydrogen) atoms. The number of nitrogens with zero attached hydrogens (tertiary/aromatic N) is 4. The zero-order valence-electron chi connectivity index (χ0n) is 22.9. The number of piperidine rings is 1. The van der Waals surface area contributed by atoms with Gasteiger partial charge in [-0.05, 0) is 56.0 Å². The van der Waals surface area contributed by atoms with E-state index in [-0.39, 0.29) is 11.8 Å². The Morgan fingerprint density at radius 2 is 1.95 bits per heavy atom. The molecule has 2 aromatic carbocycles. The highest BCUT2D eigenvalue weighted by Crippen LogP contribution is 2.38. The number of hydrogen-bond donors (Lipinski definition) is 3. The maximum Gasteiger partial charge on any atom is 0.407 e. The average Bonchev–Trinajstić information content (AvgIpc) is 2.95. The van der Waals surface area contributed by atoms with Gasteiger partial charge in [0.1, 0.15) is 5.75 Å². The second-order valence-electron chi connectivity index (χ2n) is 9.97. The number of anilines is 2. The molecule has 0 aliphatic carbocycles. The summed E-state index contributed by atoms with van der Waals surface area (Å²) in [5, 5.41) is 14.1. The Morgan fingerprint density at radius 1 is 1.10 bits per heavy atom. The summed E-state index contributed by atoms with van der Waals surface area (Å²) in [4.78, 5) is 26.3. The number of carboxylic acid groups (broad SMARTS) is 1. The normalized spacial score (nSPS) is 15.5. The third kappa shape index (κ3) is 6.49. The second-order valence-corrected chi connectivity index (χ2v) is 11.8. The van der Waals surface area contributed by atoms with Gasteiger partial charge in [-0.3, -0.25) is 4.72 Å². The molecule has 1 atom stereocenters. The predicted octanol–water partition coefficient (Wildman–Crippen LogP) is 5.50. The van der Waals surface area contributed by atoms with Gasteiger partial charge in [0.25, 0.3) is 0 Å². The molecule has 214 valence electrons. The van der Waals surface area contributed by atoms with E-state index < -0.39 is 16.1 Å². The number of benzene rings is 2. The molecule has 1 saturated heterocycles. The first-order valence-electron chi connectivity index (χ1n) is 13.5. The third-order valence-corrected chi connectivity index (χ3v) is 8.35. The van der Waals surface area contributed by atoms with Crippen LogP contribution in [-0.4, -0.2) is 64.4 Å². The van der Waals surface area contributed by atoms with Crippen LogP contribution in [0.15, 0.2) is 60.9 Å². The summed E-state index contributed by atoms with van der Waals surface area (Å²) in [7, 11) is -3.48. The van der Waals surface area contributed by atoms with Gasteiger partial charge in [0.05, 0.1) is 22.7 Å². The van der Waals surface area contributed by atoms with Crippen LogP contribution in [0.25, 0.3) is 22.0 Å². The van der Waals surface area contributed by atoms with E-state index >= 15 is 0 Å². The van der Waals surface area contributed by atoms with Gasteiger partial charge in [-0.25, -0.2) is 28.2 Å². The number of carbonyl (C=O) groups is 1. The average molecular weight is 577 g/mol. The lowest BCUT2D eigenvalue weighted by Crippen LogP contribution is -2.44. The van der Waals surface area contributed by atoms with Crippen LogP contribution in [-0.2, 0) is 10.0 Å². The number of fused-ring (bicyclic) bond motifs is 1. The molecule has 0 unspecified atom stereocenters. The lowest BCUT2D eigenvalue weighted by molar-refractivity contribution is 0.132. The van der Waals surface area contributed by atoms with Crippen molar-refractivity contribution in [3.05, 3.63) is 66.5 Å². The number of sulfonamides is 1. The number of amides is 1. The van der Waals surface area contributed by atoms with Gasteiger partial charge in [0.2, 0.25) is 21.9 Å². The number of aromatic nitrogens is 3. The summed E-state index contributed by atoms with van der Waals surface area (Å²) in [6.07, 6.45) is 4.42. The third-order valence-electron chi connectivity index (χ3n) is 6.87. The number of pyridine rings is 1. The van der Waals surface area contributed by atoms with Crippen molar-refractivity contribution < 1.29 is 23.1 Å². The molecule has 0 spiro atoms. The van der Waals surface area contributed by atoms with Crippen LogP contribution >= 0.6 is 0 Å². The molecule has 0 radical (unpaired) electrons. The molecular formula is C29H32N6O5S. The highest BCUT2D eigenvalue weighted by Gasteiger charge is 2.24. The second kappa shape index (κ2) is 12.0. The van der Waals surface area contributed by atoms with E-state index in [2.05, 4.69) is 25.0 Å². The summed E-state index contributed by atoms with van der Waals surface area (Å²) in [5.74, 6) is 1.31. The number of rotatable bonds is 9. The number of likely N-dealkylation sites (tertiary alicyclic amines) is 1. The lowest BCUT2D eigenvalue weighted by atomic mass is 10.0. The minimum atomic E-state index is -3.48. The van der Waals surface area contributed by atoms with Crippen molar-refractivity contribution >= 4 is 38.5 Å². The largest absolute Gasteiger partial charge is 0.465 e. The topological polar surface area (TPSA) is 147 Å². The fraction of sp³-hybridized carbons (Fsp3) is 0.310. The maximum atomic E-state index is 12.5. The van der Waals surface area contributed by atoms with Crippen LogP contribution in [0.4, 0.5) is 16.4 Å². The Kier molecular flexibility index (Phi) is 8.20. The van der Waals surface area contributed by atoms with Gasteiger partial charge < -0.3 is 20.1 Å². The fourth-order valence-corrected chi connectivity index (χ4v) is 6.10. The van der Waals surface area contributed by atoms with Gasteiger partial charge in [-0.2, -0.15) is 0 Å². The Morgan fingerprint density at radius 3 is 2.76 bits per heavy atom. The zero-order chi connectivity index (χ0) is 29.0. The monoisotopic (exact) mass is 576 g/mol. The molecule has 5 rings (SSSR count). The van der Waals surface area contributed by atoms with E-state index in [0.29, 0.717) is 59.4 Å². The van der Waals surface area contributed by atoms with E-state index in [4.69, 9.17) is 4.74 Å². The molecule has 3 N–H and O–H groups in total. The molecule has 11 nitrogen and oxygen atoms in total. The summed E-state index contributed by atoms with van der Waals surface area (Å²) in [5.41, 5.74) is 2.57. The van der Waals surface area contributed by atoms with Gasteiger partial charge in [0.15, 0.2) is 0 Å². The first-order chi connectivity index (χ1) is 19.7. The van der Waals surface area contributed by atoms with Crippen molar-refractivity contribution in [3.8, 4) is 22.9 Å². The van der Waals surface area contributed by atoms with Crippen LogP contribution in [0.2, 0.25) is 0 Å². The highest BCUT2D eigenvalue weighted by atomic mass is 32.2. The van der Waals surface area contributed by atoms with Crippen molar-refractivity contribution in [1.82, 2.24) is 19.9 Å². The Hall–Kier alpha value is -4.45. The summed E-state index contributed by atoms with van der Waals surface area (Å²) in [6, 6.07) is 14.5. The Balaban J connectivity index is 1.45. The lowest BCUT2D eigenvalue weighted by Gasteiger charge is -2.31. The SMILES string of the molecule is CCCS(=O)(=O)Nc1cccc2c(Oc3ncccc3-c3ccnc(N[C@H]4CCCN(C(=O)O)C4)n3)c(C)ccc12. The van der Waals surface area contributed by atoms with Gasteiger partial charge in [0, 0.05) is 42.3 Å². The smallest absolute Gasteiger partial charge is 0.407 e. The molecule has 12 heteroatoms. The van der Waals surface area contributed by atoms with Crippen molar-refractivity contribution in [2.24, 2.45) is 0 Å². The van der Waals surface area contributed by atoms with Crippen molar-refractivity contribution in [2.45, 2.75) is 39.2 Å². The van der Waals surface area contributed by atoms with Crippen LogP contribution in [0.1, 0.15) is 31.7 Å². The highest BCUT2D eigenvalue weighted by molar-refractivity contribution is 7.92. The molecular weight excluding hydrogens is 544 g/mol. The van der Waals surface area contributed by atoms with Gasteiger partial charge in [-0.1, -0.05) is 31.2 Å². The van der Waals surface area contributed by atoms with Crippen LogP contribution in [0, 0.1) is 6.92 Å². The minimum Gasteiger partial charge on any atom is -0.465 e. The predicted molar refractivity (Wildman–Crippen MR) is 158 cm³/mol. The minimum absolute atomic E-state index is 0.0320. The van der Waals surface area contributed by atoms with Crippen molar-refractivity contribution in [2.75, 3.05) is 28.9 Å². The number of aryl methyl sites for hydroxylation is 1. The van der Waals surface area contributed by atoms with Gasteiger partial charge in [-0.15, -0.1) is 0 Å². The number of hydrogen-bond acceptors (Lipinski definition) is 8. The van der Waals surface area contributed by atoms with E-state index in [0.717, 1.165) is 23.8 Å². The first-order valence-corrected chi connectivity index (χ1v) is 15.1. The van der Waals surface area contributed by atoms with Crippen LogP contribution < -0.4 is 14.8 Å². The zero-order valence-corrected chi connectivity index (χ0v) is 23.7. The van der Waals surface area contributed by atoms with Crippen LogP contribution in [0.3, 0.4) is 0 Å². The van der Waals surface area contributed by atoms with Crippen molar-refractivity contribution in [3.63, 3.8) is 0 Å². The fourth-order valence-electron chi connectivity index (χ4n) is 4.94. The van der Waals surface area contributed by atoms with E-state index in [1.165, 1.54) is 4.90 Å². The van der Waals surface area contributed by atoms with E-state index in [1.54, 1.807) is 36.7 Å². The molecule has 2 aromatic heterocycles. The van der Waals surface area contributed by atoms with Crippen LogP contribution in [0.5, 0.6) is 11.6 Å². The quantitative estimate of drug-likeness (QED) is 0.235. The van der Waals surface area contributed by atoms with Crippen molar-refractivity contribution in [1.29, 1.82) is 0 Å². The molecule has 1 aliphatic heterocycles. The summed E-state index contributed by atoms with van der Waals surface area (Å²) in [6.45, 7) is 4.62. The Labute approximate surface area is 238 Å². The maximum absolute atomic E-state index is 12.5. The molecule has 1 aliphatic rings. The van der Waals surface area contributed by atoms with E-state index in [9.17, 15) is 18.3 Å². The molecule has 0 bridgehead atoms. The summed E-state index contributed by atoms with van der Waals surface area (Å²) < 4.78 is 34.1. The Bertz CT molecular complexity index is 1680. The molecule has 1 fully saturated rings.